The molecular formula is C16H32O2. The molecule has 0 aliphatic carbocycles. The van der Waals surface area contributed by atoms with Gasteiger partial charge in [0.05, 0.1) is 5.60 Å². The van der Waals surface area contributed by atoms with Crippen molar-refractivity contribution < 1.29 is 9.90 Å². The molecule has 0 aromatic rings. The lowest BCUT2D eigenvalue weighted by molar-refractivity contribution is -0.107. The van der Waals surface area contributed by atoms with Crippen LogP contribution in [0.2, 0.25) is 0 Å². The van der Waals surface area contributed by atoms with Crippen molar-refractivity contribution in [3.05, 3.63) is 0 Å². The van der Waals surface area contributed by atoms with Crippen molar-refractivity contribution in [3.63, 3.8) is 0 Å². The Balaban J connectivity index is 3.23. The molecule has 0 rings (SSSR count). The largest absolute Gasteiger partial charge is 0.390 e. The fourth-order valence-corrected chi connectivity index (χ4v) is 2.35. The first-order valence-electron chi connectivity index (χ1n) is 7.84. The fourth-order valence-electron chi connectivity index (χ4n) is 2.35. The number of hydrogen-bond donors (Lipinski definition) is 1. The molecule has 18 heavy (non-hydrogen) atoms. The van der Waals surface area contributed by atoms with Crippen molar-refractivity contribution in [1.82, 2.24) is 0 Å². The van der Waals surface area contributed by atoms with Gasteiger partial charge in [0.15, 0.2) is 0 Å². The number of hydrogen-bond acceptors (Lipinski definition) is 2. The first kappa shape index (κ1) is 17.6. The van der Waals surface area contributed by atoms with E-state index in [-0.39, 0.29) is 0 Å². The molecule has 108 valence electrons. The summed E-state index contributed by atoms with van der Waals surface area (Å²) in [5.74, 6) is 0. The van der Waals surface area contributed by atoms with Gasteiger partial charge in [-0.25, -0.2) is 0 Å². The van der Waals surface area contributed by atoms with Crippen LogP contribution < -0.4 is 0 Å². The van der Waals surface area contributed by atoms with E-state index in [1.807, 2.05) is 0 Å². The summed E-state index contributed by atoms with van der Waals surface area (Å²) in [7, 11) is 0. The van der Waals surface area contributed by atoms with E-state index < -0.39 is 5.60 Å². The average molecular weight is 256 g/mol. The molecule has 0 aliphatic heterocycles. The van der Waals surface area contributed by atoms with Crippen LogP contribution >= 0.6 is 0 Å². The molecule has 0 amide bonds. The van der Waals surface area contributed by atoms with Crippen molar-refractivity contribution >= 4 is 6.29 Å². The van der Waals surface area contributed by atoms with Crippen LogP contribution in [0.4, 0.5) is 0 Å². The van der Waals surface area contributed by atoms with Gasteiger partial charge >= 0.3 is 0 Å². The van der Waals surface area contributed by atoms with Gasteiger partial charge in [-0.15, -0.1) is 0 Å². The summed E-state index contributed by atoms with van der Waals surface area (Å²) in [5.41, 5.74) is -0.408. The molecular weight excluding hydrogens is 224 g/mol. The van der Waals surface area contributed by atoms with Gasteiger partial charge in [-0.2, -0.15) is 0 Å². The summed E-state index contributed by atoms with van der Waals surface area (Å²) in [5, 5.41) is 10.1. The van der Waals surface area contributed by atoms with E-state index >= 15 is 0 Å². The van der Waals surface area contributed by atoms with E-state index in [0.29, 0.717) is 0 Å². The second-order valence-electron chi connectivity index (χ2n) is 5.47. The zero-order chi connectivity index (χ0) is 13.7. The highest BCUT2D eigenvalue weighted by atomic mass is 16.3. The Morgan fingerprint density at radius 1 is 0.833 bits per heavy atom. The summed E-state index contributed by atoms with van der Waals surface area (Å²) < 4.78 is 0. The summed E-state index contributed by atoms with van der Waals surface area (Å²) >= 11 is 0. The highest BCUT2D eigenvalue weighted by Crippen LogP contribution is 2.22. The normalized spacial score (nSPS) is 11.7. The maximum absolute atomic E-state index is 10.1. The number of aliphatic hydroxyl groups is 1. The van der Waals surface area contributed by atoms with Crippen LogP contribution in [0.25, 0.3) is 0 Å². The molecule has 0 fully saturated rings. The molecule has 0 bridgehead atoms. The first-order chi connectivity index (χ1) is 8.68. The van der Waals surface area contributed by atoms with Crippen LogP contribution in [0.1, 0.15) is 90.9 Å². The van der Waals surface area contributed by atoms with E-state index in [1.54, 1.807) is 0 Å². The monoisotopic (exact) mass is 256 g/mol. The molecule has 2 nitrogen and oxygen atoms in total. The zero-order valence-corrected chi connectivity index (χ0v) is 12.4. The molecule has 0 spiro atoms. The van der Waals surface area contributed by atoms with E-state index in [2.05, 4.69) is 13.8 Å². The lowest BCUT2D eigenvalue weighted by atomic mass is 9.90. The van der Waals surface area contributed by atoms with Gasteiger partial charge in [-0.1, -0.05) is 58.8 Å². The van der Waals surface area contributed by atoms with E-state index in [9.17, 15) is 9.90 Å². The molecule has 0 aliphatic rings. The second kappa shape index (κ2) is 11.7. The van der Waals surface area contributed by atoms with Crippen molar-refractivity contribution in [3.8, 4) is 0 Å². The Morgan fingerprint density at radius 2 is 1.28 bits per heavy atom. The van der Waals surface area contributed by atoms with E-state index in [0.717, 1.165) is 44.8 Å². The standard InChI is InChI=1S/C16H32O2/c1-3-16(18,4-2)14-12-10-8-6-5-7-9-11-13-15-17/h15,18H,3-14H2,1-2H3. The highest BCUT2D eigenvalue weighted by Gasteiger charge is 2.20. The summed E-state index contributed by atoms with van der Waals surface area (Å²) in [4.78, 5) is 10.1. The van der Waals surface area contributed by atoms with Gasteiger partial charge in [-0.3, -0.25) is 0 Å². The number of carbonyl (C=O) groups excluding carboxylic acids is 1. The van der Waals surface area contributed by atoms with E-state index in [1.165, 1.54) is 38.5 Å². The first-order valence-corrected chi connectivity index (χ1v) is 7.84. The van der Waals surface area contributed by atoms with Crippen molar-refractivity contribution in [2.45, 2.75) is 96.5 Å². The lowest BCUT2D eigenvalue weighted by Gasteiger charge is -2.24. The number of unbranched alkanes of at least 4 members (excludes halogenated alkanes) is 8. The van der Waals surface area contributed by atoms with Gasteiger partial charge in [0, 0.05) is 6.42 Å². The van der Waals surface area contributed by atoms with Gasteiger partial charge in [0.25, 0.3) is 0 Å². The Labute approximate surface area is 113 Å². The lowest BCUT2D eigenvalue weighted by Crippen LogP contribution is -2.26. The van der Waals surface area contributed by atoms with Crippen LogP contribution in [0.15, 0.2) is 0 Å². The summed E-state index contributed by atoms with van der Waals surface area (Å²) in [6.45, 7) is 4.14. The fraction of sp³-hybridized carbons (Fsp3) is 0.938. The Kier molecular flexibility index (Phi) is 11.5. The SMILES string of the molecule is CCC(O)(CC)CCCCCCCCCCC=O. The van der Waals surface area contributed by atoms with Crippen molar-refractivity contribution in [2.24, 2.45) is 0 Å². The van der Waals surface area contributed by atoms with Crippen molar-refractivity contribution in [2.75, 3.05) is 0 Å². The average Bonchev–Trinajstić information content (AvgIpc) is 2.40. The smallest absolute Gasteiger partial charge is 0.119 e. The molecule has 0 aromatic carbocycles. The Hall–Kier alpha value is -0.370. The topological polar surface area (TPSA) is 37.3 Å². The van der Waals surface area contributed by atoms with Crippen LogP contribution in [0, 0.1) is 0 Å². The quantitative estimate of drug-likeness (QED) is 0.385. The zero-order valence-electron chi connectivity index (χ0n) is 12.4. The molecule has 2 heteroatoms. The van der Waals surface area contributed by atoms with Gasteiger partial charge in [-0.05, 0) is 25.7 Å². The number of rotatable bonds is 13. The van der Waals surface area contributed by atoms with Gasteiger partial charge in [0.1, 0.15) is 6.29 Å². The number of aldehydes is 1. The van der Waals surface area contributed by atoms with Gasteiger partial charge in [0.2, 0.25) is 0 Å². The second-order valence-corrected chi connectivity index (χ2v) is 5.47. The summed E-state index contributed by atoms with van der Waals surface area (Å²) in [6, 6.07) is 0. The minimum Gasteiger partial charge on any atom is -0.390 e. The predicted molar refractivity (Wildman–Crippen MR) is 77.8 cm³/mol. The molecule has 1 N–H and O–H groups in total. The summed E-state index contributed by atoms with van der Waals surface area (Å²) in [6.07, 6.45) is 14.3. The molecule has 0 heterocycles. The Morgan fingerprint density at radius 3 is 1.72 bits per heavy atom. The molecule has 0 saturated heterocycles. The Bertz CT molecular complexity index is 186. The third-order valence-electron chi connectivity index (χ3n) is 4.03. The molecule has 0 unspecified atom stereocenters. The van der Waals surface area contributed by atoms with Gasteiger partial charge < -0.3 is 9.90 Å². The van der Waals surface area contributed by atoms with Crippen molar-refractivity contribution in [1.29, 1.82) is 0 Å². The molecule has 0 saturated carbocycles. The third-order valence-corrected chi connectivity index (χ3v) is 4.03. The maximum Gasteiger partial charge on any atom is 0.119 e. The van der Waals surface area contributed by atoms with Crippen LogP contribution in [-0.4, -0.2) is 17.0 Å². The number of carbonyl (C=O) groups is 1. The third kappa shape index (κ3) is 9.64. The van der Waals surface area contributed by atoms with Crippen LogP contribution in [-0.2, 0) is 4.79 Å². The molecule has 0 radical (unpaired) electrons. The highest BCUT2D eigenvalue weighted by molar-refractivity contribution is 5.48. The predicted octanol–water partition coefficient (Wildman–Crippen LogP) is 4.64. The molecule has 0 aromatic heterocycles. The molecule has 0 atom stereocenters. The van der Waals surface area contributed by atoms with E-state index in [4.69, 9.17) is 0 Å². The minimum atomic E-state index is -0.408. The van der Waals surface area contributed by atoms with Crippen LogP contribution in [0.3, 0.4) is 0 Å². The maximum atomic E-state index is 10.1. The minimum absolute atomic E-state index is 0.408. The van der Waals surface area contributed by atoms with Crippen LogP contribution in [0.5, 0.6) is 0 Å².